The van der Waals surface area contributed by atoms with E-state index in [1.807, 2.05) is 5.38 Å². The Hall–Kier alpha value is -1.59. The standard InChI is InChI=1S/C10H8O4S/c11-9(6-3-4-15-5-6)7-1-2-8(14-7)10(12)13/h1-5,9,11H,(H,12,13). The number of aliphatic hydroxyl groups is 1. The lowest BCUT2D eigenvalue weighted by atomic mass is 10.1. The van der Waals surface area contributed by atoms with E-state index in [2.05, 4.69) is 0 Å². The summed E-state index contributed by atoms with van der Waals surface area (Å²) in [5, 5.41) is 22.1. The topological polar surface area (TPSA) is 70.7 Å². The highest BCUT2D eigenvalue weighted by atomic mass is 32.1. The van der Waals surface area contributed by atoms with E-state index in [0.29, 0.717) is 5.56 Å². The van der Waals surface area contributed by atoms with Gasteiger partial charge in [0.2, 0.25) is 5.76 Å². The van der Waals surface area contributed by atoms with Gasteiger partial charge in [-0.15, -0.1) is 0 Å². The molecular weight excluding hydrogens is 216 g/mol. The Kier molecular flexibility index (Phi) is 2.57. The largest absolute Gasteiger partial charge is 0.475 e. The van der Waals surface area contributed by atoms with Gasteiger partial charge in [0.25, 0.3) is 0 Å². The molecule has 0 saturated carbocycles. The minimum Gasteiger partial charge on any atom is -0.475 e. The molecule has 0 amide bonds. The van der Waals surface area contributed by atoms with Crippen molar-refractivity contribution in [2.45, 2.75) is 6.10 Å². The number of carboxylic acids is 1. The molecule has 5 heteroatoms. The van der Waals surface area contributed by atoms with Gasteiger partial charge in [-0.25, -0.2) is 4.79 Å². The molecular formula is C10H8O4S. The van der Waals surface area contributed by atoms with Gasteiger partial charge in [0.15, 0.2) is 0 Å². The van der Waals surface area contributed by atoms with E-state index in [0.717, 1.165) is 0 Å². The number of rotatable bonds is 3. The van der Waals surface area contributed by atoms with Crippen molar-refractivity contribution in [3.05, 3.63) is 46.0 Å². The predicted molar refractivity (Wildman–Crippen MR) is 54.0 cm³/mol. The molecule has 1 unspecified atom stereocenters. The zero-order chi connectivity index (χ0) is 10.8. The summed E-state index contributed by atoms with van der Waals surface area (Å²) >= 11 is 1.46. The van der Waals surface area contributed by atoms with Gasteiger partial charge in [0.1, 0.15) is 11.9 Å². The summed E-state index contributed by atoms with van der Waals surface area (Å²) in [7, 11) is 0. The molecule has 0 spiro atoms. The van der Waals surface area contributed by atoms with Crippen molar-refractivity contribution in [2.24, 2.45) is 0 Å². The van der Waals surface area contributed by atoms with Crippen LogP contribution in [-0.2, 0) is 0 Å². The lowest BCUT2D eigenvalue weighted by molar-refractivity contribution is 0.0655. The fraction of sp³-hybridized carbons (Fsp3) is 0.100. The summed E-state index contributed by atoms with van der Waals surface area (Å²) in [6, 6.07) is 4.55. The first kappa shape index (κ1) is 9.95. The van der Waals surface area contributed by atoms with E-state index < -0.39 is 12.1 Å². The Morgan fingerprint density at radius 2 is 2.20 bits per heavy atom. The highest BCUT2D eigenvalue weighted by molar-refractivity contribution is 7.07. The predicted octanol–water partition coefficient (Wildman–Crippen LogP) is 2.12. The molecule has 0 aromatic carbocycles. The zero-order valence-corrected chi connectivity index (χ0v) is 8.40. The first-order chi connectivity index (χ1) is 7.18. The fourth-order valence-electron chi connectivity index (χ4n) is 1.21. The smallest absolute Gasteiger partial charge is 0.371 e. The van der Waals surface area contributed by atoms with E-state index in [4.69, 9.17) is 9.52 Å². The second-order valence-electron chi connectivity index (χ2n) is 2.97. The quantitative estimate of drug-likeness (QED) is 0.837. The van der Waals surface area contributed by atoms with E-state index in [1.54, 1.807) is 11.4 Å². The molecule has 78 valence electrons. The van der Waals surface area contributed by atoms with Crippen LogP contribution in [0.15, 0.2) is 33.4 Å². The zero-order valence-electron chi connectivity index (χ0n) is 7.58. The lowest BCUT2D eigenvalue weighted by Crippen LogP contribution is -1.96. The van der Waals surface area contributed by atoms with Crippen LogP contribution in [0.3, 0.4) is 0 Å². The van der Waals surface area contributed by atoms with Gasteiger partial charge in [-0.1, -0.05) is 0 Å². The molecule has 4 nitrogen and oxygen atoms in total. The molecule has 0 aliphatic rings. The molecule has 15 heavy (non-hydrogen) atoms. The number of aliphatic hydroxyl groups excluding tert-OH is 1. The van der Waals surface area contributed by atoms with Gasteiger partial charge in [-0.05, 0) is 34.5 Å². The maximum Gasteiger partial charge on any atom is 0.371 e. The molecule has 2 N–H and O–H groups in total. The van der Waals surface area contributed by atoms with E-state index in [1.165, 1.54) is 23.5 Å². The summed E-state index contributed by atoms with van der Waals surface area (Å²) in [4.78, 5) is 10.6. The van der Waals surface area contributed by atoms with Crippen LogP contribution in [0.25, 0.3) is 0 Å². The van der Waals surface area contributed by atoms with E-state index >= 15 is 0 Å². The molecule has 0 aliphatic heterocycles. The molecule has 2 aromatic rings. The summed E-state index contributed by atoms with van der Waals surface area (Å²) in [6.45, 7) is 0. The van der Waals surface area contributed by atoms with Crippen LogP contribution < -0.4 is 0 Å². The first-order valence-electron chi connectivity index (χ1n) is 4.21. The van der Waals surface area contributed by atoms with Crippen LogP contribution in [0.5, 0.6) is 0 Å². The van der Waals surface area contributed by atoms with Crippen molar-refractivity contribution in [3.63, 3.8) is 0 Å². The van der Waals surface area contributed by atoms with Gasteiger partial charge in [-0.2, -0.15) is 11.3 Å². The molecule has 0 saturated heterocycles. The lowest BCUT2D eigenvalue weighted by Gasteiger charge is -2.03. The van der Waals surface area contributed by atoms with Crippen molar-refractivity contribution < 1.29 is 19.4 Å². The number of furan rings is 1. The Morgan fingerprint density at radius 1 is 1.40 bits per heavy atom. The third-order valence-corrected chi connectivity index (χ3v) is 2.67. The van der Waals surface area contributed by atoms with Crippen molar-refractivity contribution in [2.75, 3.05) is 0 Å². The summed E-state index contributed by atoms with van der Waals surface area (Å²) in [5.41, 5.74) is 0.700. The van der Waals surface area contributed by atoms with Crippen LogP contribution in [0, 0.1) is 0 Å². The maximum atomic E-state index is 10.6. The SMILES string of the molecule is O=C(O)c1ccc(C(O)c2ccsc2)o1. The molecule has 0 radical (unpaired) electrons. The normalized spacial score (nSPS) is 12.6. The van der Waals surface area contributed by atoms with Crippen LogP contribution >= 0.6 is 11.3 Å². The number of hydrogen-bond donors (Lipinski definition) is 2. The Morgan fingerprint density at radius 3 is 2.73 bits per heavy atom. The Balaban J connectivity index is 2.26. The summed E-state index contributed by atoms with van der Waals surface area (Å²) < 4.78 is 4.99. The van der Waals surface area contributed by atoms with Crippen molar-refractivity contribution in [1.29, 1.82) is 0 Å². The van der Waals surface area contributed by atoms with Crippen LogP contribution in [0.2, 0.25) is 0 Å². The molecule has 0 bridgehead atoms. The summed E-state index contributed by atoms with van der Waals surface area (Å²) in [6.07, 6.45) is -0.899. The van der Waals surface area contributed by atoms with Gasteiger partial charge in [0.05, 0.1) is 0 Å². The van der Waals surface area contributed by atoms with Crippen molar-refractivity contribution >= 4 is 17.3 Å². The van der Waals surface area contributed by atoms with Crippen LogP contribution in [0.4, 0.5) is 0 Å². The van der Waals surface area contributed by atoms with Crippen LogP contribution in [0.1, 0.15) is 28.0 Å². The van der Waals surface area contributed by atoms with Crippen molar-refractivity contribution in [1.82, 2.24) is 0 Å². The number of carbonyl (C=O) groups is 1. The maximum absolute atomic E-state index is 10.6. The second-order valence-corrected chi connectivity index (χ2v) is 3.75. The number of thiophene rings is 1. The monoisotopic (exact) mass is 224 g/mol. The third-order valence-electron chi connectivity index (χ3n) is 1.97. The second kappa shape index (κ2) is 3.88. The fourth-order valence-corrected chi connectivity index (χ4v) is 1.89. The van der Waals surface area contributed by atoms with Gasteiger partial charge < -0.3 is 14.6 Å². The molecule has 2 rings (SSSR count). The molecule has 2 heterocycles. The minimum absolute atomic E-state index is 0.167. The minimum atomic E-state index is -1.14. The molecule has 0 aliphatic carbocycles. The average molecular weight is 224 g/mol. The van der Waals surface area contributed by atoms with Gasteiger partial charge in [-0.3, -0.25) is 0 Å². The van der Waals surface area contributed by atoms with Crippen LogP contribution in [-0.4, -0.2) is 16.2 Å². The molecule has 1 atom stereocenters. The Labute approximate surface area is 89.4 Å². The van der Waals surface area contributed by atoms with E-state index in [9.17, 15) is 9.90 Å². The number of carboxylic acid groups (broad SMARTS) is 1. The average Bonchev–Trinajstić information content (AvgIpc) is 2.88. The number of aromatic carboxylic acids is 1. The van der Waals surface area contributed by atoms with Gasteiger partial charge in [0, 0.05) is 0 Å². The third kappa shape index (κ3) is 1.93. The molecule has 0 fully saturated rings. The molecule has 2 aromatic heterocycles. The Bertz CT molecular complexity index is 457. The highest BCUT2D eigenvalue weighted by Crippen LogP contribution is 2.25. The summed E-state index contributed by atoms with van der Waals surface area (Å²) in [5.74, 6) is -1.07. The van der Waals surface area contributed by atoms with Gasteiger partial charge >= 0.3 is 5.97 Å². The van der Waals surface area contributed by atoms with E-state index in [-0.39, 0.29) is 11.5 Å². The number of hydrogen-bond acceptors (Lipinski definition) is 4. The first-order valence-corrected chi connectivity index (χ1v) is 5.16. The van der Waals surface area contributed by atoms with Crippen molar-refractivity contribution in [3.8, 4) is 0 Å². The highest BCUT2D eigenvalue weighted by Gasteiger charge is 2.17.